The molecule has 25 heavy (non-hydrogen) atoms. The van der Waals surface area contributed by atoms with E-state index in [4.69, 9.17) is 0 Å². The predicted octanol–water partition coefficient (Wildman–Crippen LogP) is 5.68. The quantitative estimate of drug-likeness (QED) is 0.606. The molecule has 1 saturated carbocycles. The van der Waals surface area contributed by atoms with E-state index < -0.39 is 0 Å². The monoisotopic (exact) mass is 354 g/mol. The Morgan fingerprint density at radius 2 is 1.76 bits per heavy atom. The molecular weight excluding hydrogens is 335 g/mol. The fourth-order valence-electron chi connectivity index (χ4n) is 3.41. The van der Waals surface area contributed by atoms with Gasteiger partial charge in [-0.2, -0.15) is 0 Å². The zero-order valence-electron chi connectivity index (χ0n) is 13.8. The molecule has 1 fully saturated rings. The van der Waals surface area contributed by atoms with Crippen LogP contribution < -0.4 is 4.90 Å². The van der Waals surface area contributed by atoms with Gasteiger partial charge in [0.15, 0.2) is 5.13 Å². The maximum Gasteiger partial charge on any atom is 0.236 e. The van der Waals surface area contributed by atoms with Crippen molar-refractivity contribution >= 4 is 38.3 Å². The third-order valence-electron chi connectivity index (χ3n) is 4.73. The van der Waals surface area contributed by atoms with Gasteiger partial charge in [0, 0.05) is 5.92 Å². The zero-order valence-corrected chi connectivity index (χ0v) is 14.6. The van der Waals surface area contributed by atoms with Gasteiger partial charge in [-0.25, -0.2) is 9.37 Å². The highest BCUT2D eigenvalue weighted by molar-refractivity contribution is 7.22. The van der Waals surface area contributed by atoms with E-state index >= 15 is 0 Å². The van der Waals surface area contributed by atoms with E-state index in [0.29, 0.717) is 10.8 Å². The number of carbonyl (C=O) groups excluding carboxylic acids is 1. The lowest BCUT2D eigenvalue weighted by atomic mass is 9.88. The van der Waals surface area contributed by atoms with Gasteiger partial charge >= 0.3 is 0 Å². The summed E-state index contributed by atoms with van der Waals surface area (Å²) in [6.07, 6.45) is 5.21. The van der Waals surface area contributed by atoms with Crippen LogP contribution in [0.2, 0.25) is 0 Å². The molecule has 3 nitrogen and oxygen atoms in total. The average molecular weight is 354 g/mol. The topological polar surface area (TPSA) is 33.2 Å². The third kappa shape index (κ3) is 3.29. The largest absolute Gasteiger partial charge is 0.274 e. The Kier molecular flexibility index (Phi) is 4.49. The molecule has 0 unspecified atom stereocenters. The summed E-state index contributed by atoms with van der Waals surface area (Å²) in [6.45, 7) is 0. The van der Waals surface area contributed by atoms with Crippen LogP contribution in [0.1, 0.15) is 32.1 Å². The molecule has 0 aliphatic heterocycles. The molecule has 0 bridgehead atoms. The number of aromatic nitrogens is 1. The number of para-hydroxylation sites is 1. The maximum absolute atomic E-state index is 13.4. The summed E-state index contributed by atoms with van der Waals surface area (Å²) >= 11 is 1.50. The number of anilines is 2. The number of hydrogen-bond donors (Lipinski definition) is 0. The second kappa shape index (κ2) is 6.92. The Hall–Kier alpha value is -2.27. The molecule has 3 aromatic rings. The standard InChI is InChI=1S/C20H19FN2OS/c21-15-10-12-16(13-11-15)23(19(24)14-6-2-1-3-7-14)20-22-17-8-4-5-9-18(17)25-20/h4-5,8-14H,1-3,6-7H2. The van der Waals surface area contributed by atoms with Crippen LogP contribution in [-0.2, 0) is 4.79 Å². The average Bonchev–Trinajstić information content (AvgIpc) is 3.07. The number of carbonyl (C=O) groups is 1. The molecule has 1 aromatic heterocycles. The summed E-state index contributed by atoms with van der Waals surface area (Å²) in [5.74, 6) is -0.214. The summed E-state index contributed by atoms with van der Waals surface area (Å²) in [4.78, 5) is 19.6. The number of rotatable bonds is 3. The number of thiazole rings is 1. The van der Waals surface area contributed by atoms with Gasteiger partial charge in [-0.15, -0.1) is 0 Å². The van der Waals surface area contributed by atoms with Crippen LogP contribution in [-0.4, -0.2) is 10.9 Å². The fourth-order valence-corrected chi connectivity index (χ4v) is 4.40. The van der Waals surface area contributed by atoms with Crippen LogP contribution in [0.5, 0.6) is 0 Å². The Morgan fingerprint density at radius 3 is 2.48 bits per heavy atom. The first-order valence-corrected chi connectivity index (χ1v) is 9.49. The number of benzene rings is 2. The highest BCUT2D eigenvalue weighted by atomic mass is 32.1. The lowest BCUT2D eigenvalue weighted by Gasteiger charge is -2.27. The first-order valence-electron chi connectivity index (χ1n) is 8.67. The van der Waals surface area contributed by atoms with Crippen LogP contribution in [0.25, 0.3) is 10.2 Å². The van der Waals surface area contributed by atoms with Crippen molar-refractivity contribution in [2.45, 2.75) is 32.1 Å². The Balaban J connectivity index is 1.76. The number of nitrogens with zero attached hydrogens (tertiary/aromatic N) is 2. The molecule has 1 aliphatic carbocycles. The summed E-state index contributed by atoms with van der Waals surface area (Å²) in [7, 11) is 0. The molecule has 2 aromatic carbocycles. The Morgan fingerprint density at radius 1 is 1.04 bits per heavy atom. The molecule has 4 rings (SSSR count). The zero-order chi connectivity index (χ0) is 17.2. The van der Waals surface area contributed by atoms with Crippen molar-refractivity contribution < 1.29 is 9.18 Å². The van der Waals surface area contributed by atoms with Crippen LogP contribution in [0, 0.1) is 11.7 Å². The van der Waals surface area contributed by atoms with E-state index in [9.17, 15) is 9.18 Å². The maximum atomic E-state index is 13.4. The van der Waals surface area contributed by atoms with E-state index in [-0.39, 0.29) is 17.6 Å². The van der Waals surface area contributed by atoms with Gasteiger partial charge in [0.25, 0.3) is 0 Å². The van der Waals surface area contributed by atoms with Crippen LogP contribution in [0.4, 0.5) is 15.2 Å². The second-order valence-corrected chi connectivity index (χ2v) is 7.46. The van der Waals surface area contributed by atoms with Crippen molar-refractivity contribution in [2.75, 3.05) is 4.90 Å². The Labute approximate surface area is 150 Å². The van der Waals surface area contributed by atoms with Crippen LogP contribution in [0.15, 0.2) is 48.5 Å². The van der Waals surface area contributed by atoms with E-state index in [0.717, 1.165) is 35.9 Å². The fraction of sp³-hybridized carbons (Fsp3) is 0.300. The Bertz CT molecular complexity index is 851. The number of hydrogen-bond acceptors (Lipinski definition) is 3. The van der Waals surface area contributed by atoms with Gasteiger partial charge in [0.2, 0.25) is 5.91 Å². The van der Waals surface area contributed by atoms with Crippen LogP contribution in [0.3, 0.4) is 0 Å². The minimum atomic E-state index is -0.307. The molecule has 0 radical (unpaired) electrons. The van der Waals surface area contributed by atoms with Gasteiger partial charge < -0.3 is 0 Å². The van der Waals surface area contributed by atoms with E-state index in [2.05, 4.69) is 4.98 Å². The second-order valence-electron chi connectivity index (χ2n) is 6.45. The molecule has 5 heteroatoms. The van der Waals surface area contributed by atoms with E-state index in [1.165, 1.54) is 29.9 Å². The van der Waals surface area contributed by atoms with Gasteiger partial charge in [-0.1, -0.05) is 42.7 Å². The molecule has 0 N–H and O–H groups in total. The predicted molar refractivity (Wildman–Crippen MR) is 99.7 cm³/mol. The van der Waals surface area contributed by atoms with Crippen molar-refractivity contribution in [3.8, 4) is 0 Å². The highest BCUT2D eigenvalue weighted by Gasteiger charge is 2.29. The van der Waals surface area contributed by atoms with Gasteiger partial charge in [0.1, 0.15) is 5.82 Å². The van der Waals surface area contributed by atoms with E-state index in [1.54, 1.807) is 17.0 Å². The molecule has 0 spiro atoms. The molecular formula is C20H19FN2OS. The van der Waals surface area contributed by atoms with Crippen molar-refractivity contribution in [1.82, 2.24) is 4.98 Å². The first-order chi connectivity index (χ1) is 12.2. The molecule has 1 heterocycles. The van der Waals surface area contributed by atoms with Crippen molar-refractivity contribution in [3.63, 3.8) is 0 Å². The van der Waals surface area contributed by atoms with Crippen molar-refractivity contribution in [2.24, 2.45) is 5.92 Å². The molecule has 1 aliphatic rings. The SMILES string of the molecule is O=C(C1CCCCC1)N(c1ccc(F)cc1)c1nc2ccccc2s1. The molecule has 128 valence electrons. The summed E-state index contributed by atoms with van der Waals surface area (Å²) < 4.78 is 14.4. The van der Waals surface area contributed by atoms with E-state index in [1.807, 2.05) is 24.3 Å². The molecule has 1 amide bonds. The number of amides is 1. The van der Waals surface area contributed by atoms with Crippen molar-refractivity contribution in [1.29, 1.82) is 0 Å². The summed E-state index contributed by atoms with van der Waals surface area (Å²) in [5.41, 5.74) is 1.56. The van der Waals surface area contributed by atoms with Gasteiger partial charge in [0.05, 0.1) is 15.9 Å². The number of fused-ring (bicyclic) bond motifs is 1. The smallest absolute Gasteiger partial charge is 0.236 e. The first kappa shape index (κ1) is 16.2. The summed E-state index contributed by atoms with van der Waals surface area (Å²) in [5, 5.41) is 0.656. The summed E-state index contributed by atoms with van der Waals surface area (Å²) in [6, 6.07) is 14.0. The minimum Gasteiger partial charge on any atom is -0.274 e. The normalized spacial score (nSPS) is 15.4. The van der Waals surface area contributed by atoms with Crippen LogP contribution >= 0.6 is 11.3 Å². The van der Waals surface area contributed by atoms with Crippen molar-refractivity contribution in [3.05, 3.63) is 54.3 Å². The molecule has 0 atom stereocenters. The van der Waals surface area contributed by atoms with Gasteiger partial charge in [-0.05, 0) is 49.2 Å². The minimum absolute atomic E-state index is 0.0193. The number of halogens is 1. The highest BCUT2D eigenvalue weighted by Crippen LogP contribution is 2.36. The molecule has 0 saturated heterocycles. The lowest BCUT2D eigenvalue weighted by Crippen LogP contribution is -2.33. The lowest BCUT2D eigenvalue weighted by molar-refractivity contribution is -0.122. The van der Waals surface area contributed by atoms with Gasteiger partial charge in [-0.3, -0.25) is 9.69 Å². The third-order valence-corrected chi connectivity index (χ3v) is 5.76.